The van der Waals surface area contributed by atoms with E-state index in [4.69, 9.17) is 4.98 Å². The number of hydrogen-bond acceptors (Lipinski definition) is 5. The number of fused-ring (bicyclic) bond motifs is 1. The van der Waals surface area contributed by atoms with Crippen LogP contribution in [0.3, 0.4) is 0 Å². The van der Waals surface area contributed by atoms with Gasteiger partial charge in [-0.3, -0.25) is 9.48 Å². The monoisotopic (exact) mass is 453 g/mol. The van der Waals surface area contributed by atoms with Crippen molar-refractivity contribution in [2.24, 2.45) is 7.05 Å². The summed E-state index contributed by atoms with van der Waals surface area (Å²) in [5.74, 6) is 0.155. The predicted molar refractivity (Wildman–Crippen MR) is 122 cm³/mol. The number of nitrogens with zero attached hydrogens (tertiary/aromatic N) is 4. The molecule has 168 valence electrons. The van der Waals surface area contributed by atoms with Gasteiger partial charge in [0, 0.05) is 37.4 Å². The summed E-state index contributed by atoms with van der Waals surface area (Å²) >= 11 is 0. The number of carbonyl (C=O) groups excluding carboxylic acids is 1. The molecule has 1 N–H and O–H groups in total. The van der Waals surface area contributed by atoms with Gasteiger partial charge in [0.1, 0.15) is 0 Å². The zero-order chi connectivity index (χ0) is 22.5. The van der Waals surface area contributed by atoms with Crippen molar-refractivity contribution >= 4 is 32.7 Å². The molecule has 3 heterocycles. The van der Waals surface area contributed by atoms with Gasteiger partial charge in [0.05, 0.1) is 21.5 Å². The highest BCUT2D eigenvalue weighted by Gasteiger charge is 2.29. The van der Waals surface area contributed by atoms with Gasteiger partial charge in [-0.05, 0) is 62.9 Å². The second-order valence-electron chi connectivity index (χ2n) is 8.72. The summed E-state index contributed by atoms with van der Waals surface area (Å²) in [6.07, 6.45) is 5.03. The van der Waals surface area contributed by atoms with Crippen LogP contribution in [0.2, 0.25) is 0 Å². The largest absolute Gasteiger partial charge is 0.322 e. The molecule has 2 aromatic heterocycles. The highest BCUT2D eigenvalue weighted by Crippen LogP contribution is 2.40. The summed E-state index contributed by atoms with van der Waals surface area (Å²) in [6.45, 7) is 3.00. The van der Waals surface area contributed by atoms with Crippen molar-refractivity contribution in [1.82, 2.24) is 19.1 Å². The molecule has 0 atom stereocenters. The Labute approximate surface area is 187 Å². The zero-order valence-corrected chi connectivity index (χ0v) is 19.2. The molecular weight excluding hydrogens is 426 g/mol. The lowest BCUT2D eigenvalue weighted by atomic mass is 10.1. The second kappa shape index (κ2) is 7.97. The molecule has 1 saturated carbocycles. The van der Waals surface area contributed by atoms with Gasteiger partial charge in [0.15, 0.2) is 5.65 Å². The first kappa shape index (κ1) is 21.1. The third-order valence-electron chi connectivity index (χ3n) is 6.29. The van der Waals surface area contributed by atoms with Crippen molar-refractivity contribution in [3.63, 3.8) is 0 Å². The molecular formula is C23H27N5O3S. The third-order valence-corrected chi connectivity index (χ3v) is 8.21. The smallest absolute Gasteiger partial charge is 0.256 e. The van der Waals surface area contributed by atoms with Crippen LogP contribution in [0.4, 0.5) is 5.69 Å². The van der Waals surface area contributed by atoms with Crippen LogP contribution in [-0.4, -0.2) is 46.5 Å². The van der Waals surface area contributed by atoms with Gasteiger partial charge in [0.25, 0.3) is 5.91 Å². The first-order chi connectivity index (χ1) is 15.3. The van der Waals surface area contributed by atoms with Gasteiger partial charge in [-0.15, -0.1) is 0 Å². The van der Waals surface area contributed by atoms with Gasteiger partial charge in [0.2, 0.25) is 10.0 Å². The van der Waals surface area contributed by atoms with Crippen molar-refractivity contribution < 1.29 is 13.2 Å². The van der Waals surface area contributed by atoms with E-state index in [1.54, 1.807) is 33.3 Å². The Kier molecular flexibility index (Phi) is 5.25. The number of nitrogens with one attached hydrogen (secondary N) is 1. The van der Waals surface area contributed by atoms with Crippen molar-refractivity contribution in [3.05, 3.63) is 47.3 Å². The lowest BCUT2D eigenvalue weighted by Crippen LogP contribution is -2.35. The Balaban J connectivity index is 1.41. The molecule has 3 aromatic rings. The van der Waals surface area contributed by atoms with Crippen molar-refractivity contribution in [1.29, 1.82) is 0 Å². The number of rotatable bonds is 5. The molecule has 1 aliphatic heterocycles. The second-order valence-corrected chi connectivity index (χ2v) is 10.7. The molecule has 0 bridgehead atoms. The van der Waals surface area contributed by atoms with Crippen molar-refractivity contribution in [2.45, 2.75) is 49.8 Å². The lowest BCUT2D eigenvalue weighted by Gasteiger charge is -2.25. The summed E-state index contributed by atoms with van der Waals surface area (Å²) in [5, 5.41) is 8.12. The van der Waals surface area contributed by atoms with Crippen molar-refractivity contribution in [2.75, 3.05) is 18.4 Å². The van der Waals surface area contributed by atoms with Crippen LogP contribution in [0.15, 0.2) is 35.2 Å². The van der Waals surface area contributed by atoms with E-state index in [1.165, 1.54) is 0 Å². The molecule has 1 saturated heterocycles. The number of sulfonamides is 1. The average molecular weight is 454 g/mol. The van der Waals surface area contributed by atoms with Crippen LogP contribution < -0.4 is 5.32 Å². The summed E-state index contributed by atoms with van der Waals surface area (Å²) < 4.78 is 29.0. The van der Waals surface area contributed by atoms with E-state index in [0.29, 0.717) is 35.9 Å². The maximum atomic E-state index is 13.2. The molecule has 0 radical (unpaired) electrons. The molecule has 32 heavy (non-hydrogen) atoms. The topological polar surface area (TPSA) is 97.2 Å². The fourth-order valence-electron chi connectivity index (χ4n) is 4.39. The average Bonchev–Trinajstić information content (AvgIpc) is 3.60. The molecule has 5 rings (SSSR count). The Bertz CT molecular complexity index is 1290. The first-order valence-corrected chi connectivity index (χ1v) is 12.5. The summed E-state index contributed by atoms with van der Waals surface area (Å²) in [5.41, 5.74) is 3.48. The Morgan fingerprint density at radius 3 is 2.44 bits per heavy atom. The number of carbonyl (C=O) groups is 1. The fourth-order valence-corrected chi connectivity index (χ4v) is 5.91. The molecule has 2 aliphatic rings. The van der Waals surface area contributed by atoms with E-state index in [2.05, 4.69) is 10.4 Å². The van der Waals surface area contributed by atoms with Gasteiger partial charge >= 0.3 is 0 Å². The highest BCUT2D eigenvalue weighted by molar-refractivity contribution is 7.89. The summed E-state index contributed by atoms with van der Waals surface area (Å²) in [6, 6.07) is 8.29. The van der Waals surface area contributed by atoms with Crippen LogP contribution >= 0.6 is 0 Å². The van der Waals surface area contributed by atoms with Crippen LogP contribution in [0.1, 0.15) is 59.8 Å². The Morgan fingerprint density at radius 2 is 1.78 bits per heavy atom. The van der Waals surface area contributed by atoms with Crippen LogP contribution in [0, 0.1) is 6.92 Å². The maximum absolute atomic E-state index is 13.2. The minimum Gasteiger partial charge on any atom is -0.322 e. The molecule has 1 aliphatic carbocycles. The number of aryl methyl sites for hydroxylation is 2. The summed E-state index contributed by atoms with van der Waals surface area (Å²) in [4.78, 5) is 18.2. The SMILES string of the molecule is Cc1nn(C)c2nc(C3CC3)cc(C(=O)Nc3ccc(S(=O)(=O)N4CCCCC4)cc3)c12. The van der Waals surface area contributed by atoms with E-state index in [-0.39, 0.29) is 10.8 Å². The van der Waals surface area contributed by atoms with E-state index < -0.39 is 10.0 Å². The molecule has 2 fully saturated rings. The minimum absolute atomic E-state index is 0.248. The van der Waals surface area contributed by atoms with Crippen LogP contribution in [0.5, 0.6) is 0 Å². The van der Waals surface area contributed by atoms with Crippen LogP contribution in [-0.2, 0) is 17.1 Å². The zero-order valence-electron chi connectivity index (χ0n) is 18.3. The number of pyridine rings is 1. The maximum Gasteiger partial charge on any atom is 0.256 e. The standard InChI is InChI=1S/C23H27N5O3S/c1-15-21-19(14-20(16-6-7-16)25-22(21)27(2)26-15)23(29)24-17-8-10-18(11-9-17)32(30,31)28-12-4-3-5-13-28/h8-11,14,16H,3-7,12-13H2,1-2H3,(H,24,29). The first-order valence-electron chi connectivity index (χ1n) is 11.1. The van der Waals surface area contributed by atoms with Gasteiger partial charge in [-0.25, -0.2) is 13.4 Å². The van der Waals surface area contributed by atoms with Crippen LogP contribution in [0.25, 0.3) is 11.0 Å². The number of benzene rings is 1. The molecule has 0 spiro atoms. The van der Waals surface area contributed by atoms with Gasteiger partial charge < -0.3 is 5.32 Å². The Hall–Kier alpha value is -2.78. The normalized spacial score (nSPS) is 17.6. The molecule has 1 amide bonds. The predicted octanol–water partition coefficient (Wildman–Crippen LogP) is 3.58. The van der Waals surface area contributed by atoms with Gasteiger partial charge in [-0.2, -0.15) is 9.40 Å². The van der Waals surface area contributed by atoms with Gasteiger partial charge in [-0.1, -0.05) is 6.42 Å². The number of aromatic nitrogens is 3. The summed E-state index contributed by atoms with van der Waals surface area (Å²) in [7, 11) is -1.66. The van der Waals surface area contributed by atoms with E-state index in [0.717, 1.165) is 48.9 Å². The molecule has 9 heteroatoms. The number of amides is 1. The molecule has 0 unspecified atom stereocenters. The highest BCUT2D eigenvalue weighted by atomic mass is 32.2. The van der Waals surface area contributed by atoms with Crippen molar-refractivity contribution in [3.8, 4) is 0 Å². The lowest BCUT2D eigenvalue weighted by molar-refractivity contribution is 0.102. The third kappa shape index (κ3) is 3.80. The minimum atomic E-state index is -3.50. The number of anilines is 1. The fraction of sp³-hybridized carbons (Fsp3) is 0.435. The van der Waals surface area contributed by atoms with E-state index in [9.17, 15) is 13.2 Å². The number of piperidine rings is 1. The quantitative estimate of drug-likeness (QED) is 0.637. The van der Waals surface area contributed by atoms with E-state index in [1.807, 2.05) is 20.0 Å². The molecule has 8 nitrogen and oxygen atoms in total. The molecule has 1 aromatic carbocycles. The number of hydrogen-bond donors (Lipinski definition) is 1. The Morgan fingerprint density at radius 1 is 1.09 bits per heavy atom. The van der Waals surface area contributed by atoms with E-state index >= 15 is 0 Å².